The predicted octanol–water partition coefficient (Wildman–Crippen LogP) is 2.43. The Morgan fingerprint density at radius 1 is 0.870 bits per heavy atom. The van der Waals surface area contributed by atoms with Crippen molar-refractivity contribution >= 4 is 11.8 Å². The molecule has 4 heteroatoms. The molecule has 0 spiro atoms. The zero-order chi connectivity index (χ0) is 16.1. The predicted molar refractivity (Wildman–Crippen MR) is 89.8 cm³/mol. The van der Waals surface area contributed by atoms with E-state index < -0.39 is 0 Å². The molecule has 0 aliphatic heterocycles. The lowest BCUT2D eigenvalue weighted by Gasteiger charge is -2.27. The van der Waals surface area contributed by atoms with E-state index in [1.165, 1.54) is 5.56 Å². The van der Waals surface area contributed by atoms with Gasteiger partial charge in [0.2, 0.25) is 11.8 Å². The van der Waals surface area contributed by atoms with Crippen molar-refractivity contribution < 1.29 is 9.59 Å². The molecule has 0 unspecified atom stereocenters. The zero-order valence-electron chi connectivity index (χ0n) is 13.6. The Morgan fingerprint density at radius 2 is 1.48 bits per heavy atom. The second-order valence-corrected chi connectivity index (χ2v) is 6.86. The van der Waals surface area contributed by atoms with Gasteiger partial charge in [0.15, 0.2) is 0 Å². The van der Waals surface area contributed by atoms with Gasteiger partial charge in [0.05, 0.1) is 0 Å². The number of amides is 2. The van der Waals surface area contributed by atoms with E-state index >= 15 is 0 Å². The van der Waals surface area contributed by atoms with Crippen LogP contribution < -0.4 is 10.6 Å². The Labute approximate surface area is 138 Å². The number of benzene rings is 1. The van der Waals surface area contributed by atoms with Crippen molar-refractivity contribution in [2.45, 2.75) is 51.0 Å². The Balaban J connectivity index is 1.35. The van der Waals surface area contributed by atoms with Gasteiger partial charge in [-0.25, -0.2) is 0 Å². The van der Waals surface area contributed by atoms with Crippen LogP contribution in [0.1, 0.15) is 44.1 Å². The van der Waals surface area contributed by atoms with E-state index in [2.05, 4.69) is 22.8 Å². The summed E-state index contributed by atoms with van der Waals surface area (Å²) in [4.78, 5) is 24.3. The van der Waals surface area contributed by atoms with Crippen molar-refractivity contribution in [2.24, 2.45) is 11.8 Å². The second kappa shape index (κ2) is 7.62. The highest BCUT2D eigenvalue weighted by Gasteiger charge is 2.32. The van der Waals surface area contributed by atoms with E-state index in [1.807, 2.05) is 18.2 Å². The molecule has 1 aromatic rings. The summed E-state index contributed by atoms with van der Waals surface area (Å²) in [6.07, 6.45) is 6.48. The largest absolute Gasteiger partial charge is 0.356 e. The number of nitrogens with one attached hydrogen (secondary N) is 2. The number of rotatable bonds is 6. The summed E-state index contributed by atoms with van der Waals surface area (Å²) in [5.41, 5.74) is 1.24. The summed E-state index contributed by atoms with van der Waals surface area (Å²) < 4.78 is 0. The van der Waals surface area contributed by atoms with Crippen molar-refractivity contribution in [1.82, 2.24) is 10.6 Å². The molecule has 2 saturated carbocycles. The topological polar surface area (TPSA) is 58.2 Å². The summed E-state index contributed by atoms with van der Waals surface area (Å²) in [5, 5.41) is 6.13. The maximum atomic E-state index is 12.2. The fourth-order valence-electron chi connectivity index (χ4n) is 3.28. The summed E-state index contributed by atoms with van der Waals surface area (Å²) in [7, 11) is 0. The van der Waals surface area contributed by atoms with Crippen LogP contribution in [0.5, 0.6) is 0 Å². The molecule has 2 amide bonds. The van der Waals surface area contributed by atoms with E-state index in [1.54, 1.807) is 0 Å². The van der Waals surface area contributed by atoms with Gasteiger partial charge in [-0.15, -0.1) is 0 Å². The number of hydrogen-bond donors (Lipinski definition) is 2. The first-order valence-electron chi connectivity index (χ1n) is 8.84. The van der Waals surface area contributed by atoms with Crippen molar-refractivity contribution in [3.05, 3.63) is 35.9 Å². The van der Waals surface area contributed by atoms with Gasteiger partial charge < -0.3 is 10.6 Å². The van der Waals surface area contributed by atoms with E-state index in [4.69, 9.17) is 0 Å². The molecule has 2 aliphatic rings. The van der Waals surface area contributed by atoms with Gasteiger partial charge in [0.25, 0.3) is 0 Å². The fraction of sp³-hybridized carbons (Fsp3) is 0.579. The third-order valence-electron chi connectivity index (χ3n) is 4.95. The minimum Gasteiger partial charge on any atom is -0.356 e. The summed E-state index contributed by atoms with van der Waals surface area (Å²) in [6, 6.07) is 10.6. The number of hydrogen-bond acceptors (Lipinski definition) is 2. The van der Waals surface area contributed by atoms with Gasteiger partial charge in [0, 0.05) is 24.4 Å². The Bertz CT molecular complexity index is 532. The quantitative estimate of drug-likeness (QED) is 0.847. The van der Waals surface area contributed by atoms with Gasteiger partial charge in [-0.1, -0.05) is 30.3 Å². The molecule has 0 aromatic heterocycles. The van der Waals surface area contributed by atoms with Crippen molar-refractivity contribution in [2.75, 3.05) is 6.54 Å². The Morgan fingerprint density at radius 3 is 2.09 bits per heavy atom. The van der Waals surface area contributed by atoms with Gasteiger partial charge in [-0.05, 0) is 50.5 Å². The minimum absolute atomic E-state index is 0.0794. The van der Waals surface area contributed by atoms with Crippen LogP contribution in [0.15, 0.2) is 30.3 Å². The maximum absolute atomic E-state index is 12.2. The van der Waals surface area contributed by atoms with Crippen LogP contribution in [-0.4, -0.2) is 24.4 Å². The highest BCUT2D eigenvalue weighted by atomic mass is 16.2. The molecule has 1 aromatic carbocycles. The van der Waals surface area contributed by atoms with E-state index in [-0.39, 0.29) is 23.7 Å². The molecule has 2 fully saturated rings. The van der Waals surface area contributed by atoms with Gasteiger partial charge in [-0.3, -0.25) is 9.59 Å². The summed E-state index contributed by atoms with van der Waals surface area (Å²) in [5.74, 6) is 0.553. The molecule has 124 valence electrons. The lowest BCUT2D eigenvalue weighted by molar-refractivity contribution is -0.130. The monoisotopic (exact) mass is 314 g/mol. The first kappa shape index (κ1) is 16.0. The third-order valence-corrected chi connectivity index (χ3v) is 4.95. The minimum atomic E-state index is 0.0794. The zero-order valence-corrected chi connectivity index (χ0v) is 13.6. The molecule has 0 bridgehead atoms. The molecule has 0 atom stereocenters. The highest BCUT2D eigenvalue weighted by Crippen LogP contribution is 2.30. The van der Waals surface area contributed by atoms with Crippen LogP contribution in [0.2, 0.25) is 0 Å². The van der Waals surface area contributed by atoms with Gasteiger partial charge in [-0.2, -0.15) is 0 Å². The summed E-state index contributed by atoms with van der Waals surface area (Å²) in [6.45, 7) is 0.685. The molecule has 2 aliphatic carbocycles. The molecule has 0 radical (unpaired) electrons. The second-order valence-electron chi connectivity index (χ2n) is 6.86. The standard InChI is InChI=1S/C19H26N2O2/c22-18(20-13-12-14-4-2-1-3-5-14)15-6-8-16(9-7-15)19(23)21-17-10-11-17/h1-5,15-17H,6-13H2,(H,20,22)(H,21,23). The number of carbonyl (C=O) groups excluding carboxylic acids is 2. The fourth-order valence-corrected chi connectivity index (χ4v) is 3.28. The van der Waals surface area contributed by atoms with E-state index in [0.29, 0.717) is 12.6 Å². The van der Waals surface area contributed by atoms with Crippen molar-refractivity contribution in [3.63, 3.8) is 0 Å². The van der Waals surface area contributed by atoms with Crippen molar-refractivity contribution in [1.29, 1.82) is 0 Å². The molecule has 4 nitrogen and oxygen atoms in total. The average molecular weight is 314 g/mol. The smallest absolute Gasteiger partial charge is 0.223 e. The first-order valence-corrected chi connectivity index (χ1v) is 8.84. The Hall–Kier alpha value is -1.84. The number of carbonyl (C=O) groups is 2. The van der Waals surface area contributed by atoms with Crippen LogP contribution in [0, 0.1) is 11.8 Å². The first-order chi connectivity index (χ1) is 11.2. The SMILES string of the molecule is O=C(NCCc1ccccc1)C1CCC(C(=O)NC2CC2)CC1. The van der Waals surface area contributed by atoms with Crippen LogP contribution in [0.4, 0.5) is 0 Å². The molecule has 3 rings (SSSR count). The highest BCUT2D eigenvalue weighted by molar-refractivity contribution is 5.81. The van der Waals surface area contributed by atoms with Gasteiger partial charge >= 0.3 is 0 Å². The molecule has 23 heavy (non-hydrogen) atoms. The van der Waals surface area contributed by atoms with Crippen LogP contribution >= 0.6 is 0 Å². The molecule has 2 N–H and O–H groups in total. The van der Waals surface area contributed by atoms with Crippen LogP contribution in [0.25, 0.3) is 0 Å². The molecular weight excluding hydrogens is 288 g/mol. The molecule has 0 saturated heterocycles. The van der Waals surface area contributed by atoms with Crippen molar-refractivity contribution in [3.8, 4) is 0 Å². The third kappa shape index (κ3) is 4.81. The van der Waals surface area contributed by atoms with Crippen LogP contribution in [-0.2, 0) is 16.0 Å². The summed E-state index contributed by atoms with van der Waals surface area (Å²) >= 11 is 0. The molecular formula is C19H26N2O2. The Kier molecular flexibility index (Phi) is 5.31. The normalized spacial score (nSPS) is 24.0. The lowest BCUT2D eigenvalue weighted by Crippen LogP contribution is -2.38. The van der Waals surface area contributed by atoms with E-state index in [0.717, 1.165) is 44.9 Å². The van der Waals surface area contributed by atoms with Gasteiger partial charge in [0.1, 0.15) is 0 Å². The maximum Gasteiger partial charge on any atom is 0.223 e. The molecule has 0 heterocycles. The van der Waals surface area contributed by atoms with E-state index in [9.17, 15) is 9.59 Å². The van der Waals surface area contributed by atoms with Crippen LogP contribution in [0.3, 0.4) is 0 Å². The average Bonchev–Trinajstić information content (AvgIpc) is 3.40. The lowest BCUT2D eigenvalue weighted by atomic mass is 9.81.